The summed E-state index contributed by atoms with van der Waals surface area (Å²) in [7, 11) is 0. The van der Waals surface area contributed by atoms with Crippen molar-refractivity contribution in [3.8, 4) is 6.07 Å². The third-order valence-corrected chi connectivity index (χ3v) is 5.21. The number of hydrogen-bond acceptors (Lipinski definition) is 8. The van der Waals surface area contributed by atoms with Gasteiger partial charge < -0.3 is 9.32 Å². The fraction of sp³-hybridized carbons (Fsp3) is 0.278. The summed E-state index contributed by atoms with van der Waals surface area (Å²) in [5, 5.41) is 20.1. The summed E-state index contributed by atoms with van der Waals surface area (Å²) < 4.78 is 5.60. The van der Waals surface area contributed by atoms with Gasteiger partial charge in [0.2, 0.25) is 11.8 Å². The van der Waals surface area contributed by atoms with Gasteiger partial charge in [0, 0.05) is 17.6 Å². The van der Waals surface area contributed by atoms with E-state index in [-0.39, 0.29) is 18.1 Å². The minimum atomic E-state index is -0.115. The van der Waals surface area contributed by atoms with Gasteiger partial charge in [-0.05, 0) is 19.1 Å². The highest BCUT2D eigenvalue weighted by molar-refractivity contribution is 7.99. The molecule has 138 valence electrons. The molecule has 0 aliphatic heterocycles. The van der Waals surface area contributed by atoms with Gasteiger partial charge in [0.05, 0.1) is 35.4 Å². The summed E-state index contributed by atoms with van der Waals surface area (Å²) in [6.07, 6.45) is 0.743. The van der Waals surface area contributed by atoms with Crippen molar-refractivity contribution in [3.05, 3.63) is 52.3 Å². The Morgan fingerprint density at radius 2 is 2.15 bits per heavy atom. The summed E-state index contributed by atoms with van der Waals surface area (Å²) in [5.41, 5.74) is 1.66. The SMILES string of the molecule is Cc1nc(Cc2nnc(SCC(=O)N(CCC#N)c3ccccc3)o2)cs1. The molecule has 0 atom stereocenters. The molecule has 0 aliphatic rings. The molecule has 0 radical (unpaired) electrons. The van der Waals surface area contributed by atoms with E-state index in [2.05, 4.69) is 21.3 Å². The summed E-state index contributed by atoms with van der Waals surface area (Å²) >= 11 is 2.76. The highest BCUT2D eigenvalue weighted by Crippen LogP contribution is 2.21. The molecule has 2 heterocycles. The number of carbonyl (C=O) groups excluding carboxylic acids is 1. The average molecular weight is 400 g/mol. The van der Waals surface area contributed by atoms with Crippen molar-refractivity contribution in [3.63, 3.8) is 0 Å². The van der Waals surface area contributed by atoms with E-state index in [1.54, 1.807) is 16.2 Å². The van der Waals surface area contributed by atoms with Gasteiger partial charge >= 0.3 is 0 Å². The van der Waals surface area contributed by atoms with Crippen LogP contribution in [0.3, 0.4) is 0 Å². The minimum Gasteiger partial charge on any atom is -0.416 e. The minimum absolute atomic E-state index is 0.115. The number of thioether (sulfide) groups is 1. The lowest BCUT2D eigenvalue weighted by Gasteiger charge is -2.21. The Labute approximate surface area is 165 Å². The molecular weight excluding hydrogens is 382 g/mol. The first-order valence-corrected chi connectivity index (χ1v) is 10.1. The van der Waals surface area contributed by atoms with Gasteiger partial charge in [0.15, 0.2) is 0 Å². The first-order chi connectivity index (χ1) is 13.2. The van der Waals surface area contributed by atoms with Crippen molar-refractivity contribution >= 4 is 34.7 Å². The molecule has 0 fully saturated rings. The van der Waals surface area contributed by atoms with E-state index < -0.39 is 0 Å². The number of benzene rings is 1. The van der Waals surface area contributed by atoms with Crippen LogP contribution < -0.4 is 4.90 Å². The number of carbonyl (C=O) groups is 1. The third-order valence-electron chi connectivity index (χ3n) is 3.58. The first kappa shape index (κ1) is 19.1. The van der Waals surface area contributed by atoms with Gasteiger partial charge in [-0.25, -0.2) is 4.98 Å². The smallest absolute Gasteiger partial charge is 0.277 e. The zero-order valence-electron chi connectivity index (χ0n) is 14.7. The molecule has 2 aromatic heterocycles. The van der Waals surface area contributed by atoms with Crippen LogP contribution in [0.25, 0.3) is 0 Å². The number of para-hydroxylation sites is 1. The largest absolute Gasteiger partial charge is 0.416 e. The average Bonchev–Trinajstić information content (AvgIpc) is 3.30. The maximum absolute atomic E-state index is 12.6. The van der Waals surface area contributed by atoms with Crippen LogP contribution in [-0.4, -0.2) is 33.4 Å². The van der Waals surface area contributed by atoms with Crippen LogP contribution in [0.2, 0.25) is 0 Å². The number of nitrogens with zero attached hydrogens (tertiary/aromatic N) is 5. The maximum Gasteiger partial charge on any atom is 0.277 e. The van der Waals surface area contributed by atoms with Gasteiger partial charge in [-0.3, -0.25) is 4.79 Å². The number of anilines is 1. The van der Waals surface area contributed by atoms with Crippen LogP contribution in [0.4, 0.5) is 5.69 Å². The van der Waals surface area contributed by atoms with Gasteiger partial charge in [0.1, 0.15) is 0 Å². The van der Waals surface area contributed by atoms with E-state index in [1.165, 1.54) is 11.8 Å². The second kappa shape index (κ2) is 9.30. The Kier molecular flexibility index (Phi) is 6.57. The zero-order chi connectivity index (χ0) is 19.1. The number of aryl methyl sites for hydroxylation is 1. The number of rotatable bonds is 8. The molecule has 1 aromatic carbocycles. The van der Waals surface area contributed by atoms with Crippen LogP contribution in [-0.2, 0) is 11.2 Å². The van der Waals surface area contributed by atoms with Crippen molar-refractivity contribution in [1.82, 2.24) is 15.2 Å². The number of nitriles is 1. The number of amides is 1. The van der Waals surface area contributed by atoms with Gasteiger partial charge in [-0.2, -0.15) is 5.26 Å². The molecular formula is C18H17N5O2S2. The molecule has 0 N–H and O–H groups in total. The molecule has 1 amide bonds. The summed E-state index contributed by atoms with van der Waals surface area (Å²) in [6, 6.07) is 11.4. The molecule has 0 unspecified atom stereocenters. The fourth-order valence-electron chi connectivity index (χ4n) is 2.38. The fourth-order valence-corrected chi connectivity index (χ4v) is 3.65. The molecule has 0 bridgehead atoms. The van der Waals surface area contributed by atoms with Crippen molar-refractivity contribution in [2.45, 2.75) is 25.0 Å². The molecule has 3 aromatic rings. The number of thiazole rings is 1. The van der Waals surface area contributed by atoms with E-state index in [0.29, 0.717) is 24.1 Å². The number of aromatic nitrogens is 3. The summed E-state index contributed by atoms with van der Waals surface area (Å²) in [6.45, 7) is 2.29. The Morgan fingerprint density at radius 1 is 1.33 bits per heavy atom. The van der Waals surface area contributed by atoms with Crippen molar-refractivity contribution in [1.29, 1.82) is 5.26 Å². The highest BCUT2D eigenvalue weighted by Gasteiger charge is 2.17. The van der Waals surface area contributed by atoms with Gasteiger partial charge in [-0.15, -0.1) is 21.5 Å². The maximum atomic E-state index is 12.6. The molecule has 27 heavy (non-hydrogen) atoms. The zero-order valence-corrected chi connectivity index (χ0v) is 16.3. The number of hydrogen-bond donors (Lipinski definition) is 0. The lowest BCUT2D eigenvalue weighted by molar-refractivity contribution is -0.116. The normalized spacial score (nSPS) is 10.5. The summed E-state index contributed by atoms with van der Waals surface area (Å²) in [5.74, 6) is 0.508. The molecule has 9 heteroatoms. The Bertz CT molecular complexity index is 933. The quantitative estimate of drug-likeness (QED) is 0.535. The van der Waals surface area contributed by atoms with E-state index in [4.69, 9.17) is 9.68 Å². The monoisotopic (exact) mass is 399 g/mol. The Morgan fingerprint density at radius 3 is 2.85 bits per heavy atom. The molecule has 7 nitrogen and oxygen atoms in total. The van der Waals surface area contributed by atoms with Gasteiger partial charge in [-0.1, -0.05) is 30.0 Å². The van der Waals surface area contributed by atoms with Crippen molar-refractivity contribution < 1.29 is 9.21 Å². The lowest BCUT2D eigenvalue weighted by atomic mass is 10.2. The van der Waals surface area contributed by atoms with Crippen molar-refractivity contribution in [2.75, 3.05) is 17.2 Å². The van der Waals surface area contributed by atoms with Crippen molar-refractivity contribution in [2.24, 2.45) is 0 Å². The molecule has 0 saturated carbocycles. The molecule has 0 aliphatic carbocycles. The van der Waals surface area contributed by atoms with Crippen LogP contribution >= 0.6 is 23.1 Å². The van der Waals surface area contributed by atoms with Crippen LogP contribution in [0.5, 0.6) is 0 Å². The topological polar surface area (TPSA) is 95.9 Å². The third kappa shape index (κ3) is 5.39. The van der Waals surface area contributed by atoms with E-state index in [1.807, 2.05) is 42.6 Å². The standard InChI is InChI=1S/C18H17N5O2S2/c1-13-20-14(11-26-13)10-16-21-22-18(25-16)27-12-17(24)23(9-5-8-19)15-6-3-2-4-7-15/h2-4,6-7,11H,5,9-10,12H2,1H3. The van der Waals surface area contributed by atoms with Gasteiger partial charge in [0.25, 0.3) is 5.22 Å². The Hall–Kier alpha value is -2.70. The van der Waals surface area contributed by atoms with E-state index in [9.17, 15) is 4.79 Å². The molecule has 0 spiro atoms. The van der Waals surface area contributed by atoms with Crippen LogP contribution in [0.15, 0.2) is 45.4 Å². The highest BCUT2D eigenvalue weighted by atomic mass is 32.2. The predicted molar refractivity (Wildman–Crippen MR) is 104 cm³/mol. The molecule has 3 rings (SSSR count). The van der Waals surface area contributed by atoms with E-state index >= 15 is 0 Å². The van der Waals surface area contributed by atoms with E-state index in [0.717, 1.165) is 16.4 Å². The summed E-state index contributed by atoms with van der Waals surface area (Å²) in [4.78, 5) is 18.6. The second-order valence-electron chi connectivity index (χ2n) is 5.57. The first-order valence-electron chi connectivity index (χ1n) is 8.24. The van der Waals surface area contributed by atoms with Crippen LogP contribution in [0.1, 0.15) is 23.0 Å². The lowest BCUT2D eigenvalue weighted by Crippen LogP contribution is -2.33. The van der Waals surface area contributed by atoms with Crippen LogP contribution in [0, 0.1) is 18.3 Å². The second-order valence-corrected chi connectivity index (χ2v) is 7.56. The predicted octanol–water partition coefficient (Wildman–Crippen LogP) is 3.46. The molecule has 0 saturated heterocycles. The Balaban J connectivity index is 1.59.